The van der Waals surface area contributed by atoms with Crippen LogP contribution >= 0.6 is 0 Å². The summed E-state index contributed by atoms with van der Waals surface area (Å²) in [7, 11) is 5.10. The number of carbonyl (C=O) groups excluding carboxylic acids is 1. The number of amides is 1. The van der Waals surface area contributed by atoms with Crippen LogP contribution in [0.3, 0.4) is 0 Å². The molecule has 0 saturated heterocycles. The van der Waals surface area contributed by atoms with Gasteiger partial charge in [-0.05, 0) is 12.1 Å². The second-order valence-electron chi connectivity index (χ2n) is 2.22. The molecular formula is C7H4BF2NO. The fourth-order valence-electron chi connectivity index (χ4n) is 0.828. The minimum Gasteiger partial charge on any atom is -0.365 e. The van der Waals surface area contributed by atoms with Crippen molar-refractivity contribution in [2.45, 2.75) is 0 Å². The summed E-state index contributed by atoms with van der Waals surface area (Å²) >= 11 is 0. The van der Waals surface area contributed by atoms with E-state index < -0.39 is 23.1 Å². The first-order valence-corrected chi connectivity index (χ1v) is 3.06. The smallest absolute Gasteiger partial charge is 0.254 e. The van der Waals surface area contributed by atoms with Gasteiger partial charge in [-0.1, -0.05) is 5.46 Å². The van der Waals surface area contributed by atoms with E-state index in [0.717, 1.165) is 12.1 Å². The van der Waals surface area contributed by atoms with E-state index in [9.17, 15) is 13.6 Å². The molecule has 12 heavy (non-hydrogen) atoms. The summed E-state index contributed by atoms with van der Waals surface area (Å²) in [6.07, 6.45) is 0. The molecule has 0 heterocycles. The van der Waals surface area contributed by atoms with Crippen molar-refractivity contribution in [2.24, 2.45) is 5.73 Å². The highest BCUT2D eigenvalue weighted by molar-refractivity contribution is 6.32. The Kier molecular flexibility index (Phi) is 2.12. The van der Waals surface area contributed by atoms with Crippen LogP contribution in [0.2, 0.25) is 0 Å². The van der Waals surface area contributed by atoms with Crippen molar-refractivity contribution in [2.75, 3.05) is 0 Å². The number of primary amides is 1. The zero-order chi connectivity index (χ0) is 9.30. The summed E-state index contributed by atoms with van der Waals surface area (Å²) in [6, 6.07) is 1.67. The molecule has 60 valence electrons. The highest BCUT2D eigenvalue weighted by atomic mass is 19.1. The summed E-state index contributed by atoms with van der Waals surface area (Å²) in [5.41, 5.74) is 3.86. The van der Waals surface area contributed by atoms with E-state index in [4.69, 9.17) is 13.6 Å². The number of carbonyl (C=O) groups is 1. The van der Waals surface area contributed by atoms with Crippen molar-refractivity contribution < 1.29 is 13.6 Å². The van der Waals surface area contributed by atoms with Crippen molar-refractivity contribution in [1.82, 2.24) is 0 Å². The molecule has 0 fully saturated rings. The minimum absolute atomic E-state index is 0.0880. The van der Waals surface area contributed by atoms with Gasteiger partial charge in [-0.25, -0.2) is 8.78 Å². The molecule has 2 radical (unpaired) electrons. The fraction of sp³-hybridized carbons (Fsp3) is 0. The maximum atomic E-state index is 12.7. The van der Waals surface area contributed by atoms with Gasteiger partial charge in [0.25, 0.3) is 5.91 Å². The van der Waals surface area contributed by atoms with Crippen molar-refractivity contribution in [3.05, 3.63) is 29.3 Å². The summed E-state index contributed by atoms with van der Waals surface area (Å²) in [4.78, 5) is 10.5. The standard InChI is InChI=1S/C7H4BF2NO/c8-3-1-4(9)6(7(11)12)5(10)2-3/h1-2H,(H2,11,12). The van der Waals surface area contributed by atoms with Crippen molar-refractivity contribution in [3.63, 3.8) is 0 Å². The molecule has 2 nitrogen and oxygen atoms in total. The molecule has 0 aliphatic rings. The normalized spacial score (nSPS) is 9.83. The van der Waals surface area contributed by atoms with Gasteiger partial charge in [0.2, 0.25) is 0 Å². The molecule has 1 amide bonds. The maximum absolute atomic E-state index is 12.7. The second kappa shape index (κ2) is 2.93. The molecule has 0 saturated carbocycles. The SMILES string of the molecule is [B]c1cc(F)c(C(N)=O)c(F)c1. The van der Waals surface area contributed by atoms with Crippen LogP contribution in [-0.2, 0) is 0 Å². The summed E-state index contributed by atoms with van der Waals surface area (Å²) in [5, 5.41) is 0. The molecule has 0 aliphatic heterocycles. The molecule has 5 heteroatoms. The molecule has 1 aromatic rings. The highest BCUT2D eigenvalue weighted by Gasteiger charge is 2.14. The van der Waals surface area contributed by atoms with E-state index in [2.05, 4.69) is 0 Å². The molecule has 0 spiro atoms. The van der Waals surface area contributed by atoms with E-state index in [0.29, 0.717) is 0 Å². The maximum Gasteiger partial charge on any atom is 0.254 e. The van der Waals surface area contributed by atoms with Crippen LogP contribution in [0.5, 0.6) is 0 Å². The van der Waals surface area contributed by atoms with E-state index in [-0.39, 0.29) is 5.46 Å². The third kappa shape index (κ3) is 1.44. The quantitative estimate of drug-likeness (QED) is 0.581. The molecule has 0 unspecified atom stereocenters. The van der Waals surface area contributed by atoms with Gasteiger partial charge >= 0.3 is 0 Å². The molecule has 1 aromatic carbocycles. The lowest BCUT2D eigenvalue weighted by atomic mass is 9.94. The van der Waals surface area contributed by atoms with E-state index in [1.54, 1.807) is 0 Å². The average molecular weight is 167 g/mol. The van der Waals surface area contributed by atoms with E-state index >= 15 is 0 Å². The lowest BCUT2D eigenvalue weighted by Gasteiger charge is -2.01. The van der Waals surface area contributed by atoms with Gasteiger partial charge in [0.05, 0.1) is 0 Å². The fourth-order valence-corrected chi connectivity index (χ4v) is 0.828. The number of nitrogens with two attached hydrogens (primary N) is 1. The molecule has 0 bridgehead atoms. The molecule has 1 rings (SSSR count). The van der Waals surface area contributed by atoms with Crippen molar-refractivity contribution >= 4 is 19.2 Å². The third-order valence-corrected chi connectivity index (χ3v) is 1.31. The lowest BCUT2D eigenvalue weighted by Crippen LogP contribution is -2.18. The zero-order valence-electron chi connectivity index (χ0n) is 5.97. The van der Waals surface area contributed by atoms with Gasteiger partial charge in [0.1, 0.15) is 25.0 Å². The Morgan fingerprint density at radius 3 is 2.08 bits per heavy atom. The first-order valence-electron chi connectivity index (χ1n) is 3.06. The molecule has 0 atom stereocenters. The van der Waals surface area contributed by atoms with Gasteiger partial charge < -0.3 is 5.73 Å². The van der Waals surface area contributed by atoms with E-state index in [1.807, 2.05) is 0 Å². The number of hydrogen-bond acceptors (Lipinski definition) is 1. The topological polar surface area (TPSA) is 43.1 Å². The van der Waals surface area contributed by atoms with Crippen LogP contribution in [0, 0.1) is 11.6 Å². The monoisotopic (exact) mass is 167 g/mol. The van der Waals surface area contributed by atoms with Crippen molar-refractivity contribution in [1.29, 1.82) is 0 Å². The van der Waals surface area contributed by atoms with Gasteiger partial charge in [0.15, 0.2) is 0 Å². The van der Waals surface area contributed by atoms with Crippen LogP contribution in [0.15, 0.2) is 12.1 Å². The predicted molar refractivity (Wildman–Crippen MR) is 40.3 cm³/mol. The Balaban J connectivity index is 3.38. The molecule has 2 N–H and O–H groups in total. The van der Waals surface area contributed by atoms with Gasteiger partial charge in [-0.15, -0.1) is 0 Å². The minimum atomic E-state index is -1.15. The largest absolute Gasteiger partial charge is 0.365 e. The summed E-state index contributed by atoms with van der Waals surface area (Å²) in [5.74, 6) is -3.23. The molecular weight excluding hydrogens is 163 g/mol. The Morgan fingerprint density at radius 2 is 1.75 bits per heavy atom. The Bertz CT molecular complexity index is 317. The first kappa shape index (κ1) is 8.71. The Morgan fingerprint density at radius 1 is 1.33 bits per heavy atom. The number of hydrogen-bond donors (Lipinski definition) is 1. The lowest BCUT2D eigenvalue weighted by molar-refractivity contribution is 0.0992. The van der Waals surface area contributed by atoms with Crippen molar-refractivity contribution in [3.8, 4) is 0 Å². The predicted octanol–water partition coefficient (Wildman–Crippen LogP) is -0.142. The Labute approximate surface area is 68.8 Å². The van der Waals surface area contributed by atoms with Crippen LogP contribution in [-0.4, -0.2) is 13.8 Å². The van der Waals surface area contributed by atoms with Crippen LogP contribution < -0.4 is 11.2 Å². The second-order valence-corrected chi connectivity index (χ2v) is 2.22. The molecule has 0 aromatic heterocycles. The number of benzene rings is 1. The number of rotatable bonds is 1. The van der Waals surface area contributed by atoms with Crippen LogP contribution in [0.4, 0.5) is 8.78 Å². The zero-order valence-corrected chi connectivity index (χ0v) is 5.97. The first-order chi connectivity index (χ1) is 5.52. The van der Waals surface area contributed by atoms with Gasteiger partial charge in [-0.2, -0.15) is 0 Å². The van der Waals surface area contributed by atoms with Crippen LogP contribution in [0.1, 0.15) is 10.4 Å². The summed E-state index contributed by atoms with van der Waals surface area (Å²) in [6.45, 7) is 0. The Hall–Kier alpha value is -1.39. The van der Waals surface area contributed by atoms with Gasteiger partial charge in [-0.3, -0.25) is 4.79 Å². The van der Waals surface area contributed by atoms with E-state index in [1.165, 1.54) is 0 Å². The summed E-state index contributed by atoms with van der Waals surface area (Å²) < 4.78 is 25.5. The average Bonchev–Trinajstić information content (AvgIpc) is 1.82. The van der Waals surface area contributed by atoms with Gasteiger partial charge in [0, 0.05) is 0 Å². The van der Waals surface area contributed by atoms with Crippen LogP contribution in [0.25, 0.3) is 0 Å². The number of halogens is 2. The highest BCUT2D eigenvalue weighted by Crippen LogP contribution is 2.08. The molecule has 0 aliphatic carbocycles. The third-order valence-electron chi connectivity index (χ3n) is 1.31.